The third-order valence-electron chi connectivity index (χ3n) is 3.27. The number of thioether (sulfide) groups is 1. The first kappa shape index (κ1) is 16.5. The monoisotopic (exact) mass is 356 g/mol. The van der Waals surface area contributed by atoms with Crippen LogP contribution in [0.5, 0.6) is 5.75 Å². The van der Waals surface area contributed by atoms with Crippen molar-refractivity contribution in [2.75, 3.05) is 6.26 Å². The molecule has 3 aromatic rings. The van der Waals surface area contributed by atoms with Gasteiger partial charge in [0.05, 0.1) is 6.21 Å². The van der Waals surface area contributed by atoms with E-state index in [1.165, 1.54) is 4.90 Å². The van der Waals surface area contributed by atoms with Crippen LogP contribution in [0.2, 0.25) is 0 Å². The maximum Gasteiger partial charge on any atom is 0.216 e. The molecule has 3 rings (SSSR count). The molecule has 0 radical (unpaired) electrons. The number of nitrogens with one attached hydrogen (secondary N) is 1. The van der Waals surface area contributed by atoms with Crippen molar-refractivity contribution < 1.29 is 4.74 Å². The molecule has 0 saturated carbocycles. The smallest absolute Gasteiger partial charge is 0.216 e. The first-order valence-corrected chi connectivity index (χ1v) is 8.92. The standard InChI is InChI=1S/C17H16N4OS2/c1-24-15-9-7-13(8-10-15)11-18-21-16(19-20-17(21)23)12-22-14-5-3-2-4-6-14/h2-11H,12H2,1H3,(H,20,23)/b18-11+. The lowest BCUT2D eigenvalue weighted by Gasteiger charge is -2.05. The van der Waals surface area contributed by atoms with Crippen molar-refractivity contribution in [3.8, 4) is 5.75 Å². The van der Waals surface area contributed by atoms with Gasteiger partial charge in [0.2, 0.25) is 4.77 Å². The number of rotatable bonds is 6. The summed E-state index contributed by atoms with van der Waals surface area (Å²) in [6, 6.07) is 17.7. The number of nitrogens with zero attached hydrogens (tertiary/aromatic N) is 3. The van der Waals surface area contributed by atoms with Crippen molar-refractivity contribution >= 4 is 30.2 Å². The minimum atomic E-state index is 0.278. The molecule has 1 aromatic heterocycles. The molecule has 122 valence electrons. The Balaban J connectivity index is 1.74. The van der Waals surface area contributed by atoms with Crippen LogP contribution >= 0.6 is 24.0 Å². The van der Waals surface area contributed by atoms with Gasteiger partial charge >= 0.3 is 0 Å². The number of benzene rings is 2. The molecule has 1 N–H and O–H groups in total. The van der Waals surface area contributed by atoms with Crippen molar-refractivity contribution in [2.24, 2.45) is 5.10 Å². The lowest BCUT2D eigenvalue weighted by Crippen LogP contribution is -2.04. The van der Waals surface area contributed by atoms with Crippen LogP contribution in [0.3, 0.4) is 0 Å². The summed E-state index contributed by atoms with van der Waals surface area (Å²) >= 11 is 6.94. The van der Waals surface area contributed by atoms with Crippen LogP contribution in [0.1, 0.15) is 11.4 Å². The molecule has 0 spiro atoms. The van der Waals surface area contributed by atoms with Crippen LogP contribution in [-0.4, -0.2) is 27.3 Å². The molecule has 24 heavy (non-hydrogen) atoms. The van der Waals surface area contributed by atoms with Gasteiger partial charge in [0, 0.05) is 4.90 Å². The summed E-state index contributed by atoms with van der Waals surface area (Å²) < 4.78 is 7.70. The lowest BCUT2D eigenvalue weighted by atomic mass is 10.2. The fourth-order valence-electron chi connectivity index (χ4n) is 2.02. The second-order valence-corrected chi connectivity index (χ2v) is 6.14. The van der Waals surface area contributed by atoms with E-state index in [1.807, 2.05) is 48.7 Å². The van der Waals surface area contributed by atoms with Crippen LogP contribution in [0.25, 0.3) is 0 Å². The number of aromatic nitrogens is 3. The number of ether oxygens (including phenoxy) is 1. The van der Waals surface area contributed by atoms with E-state index >= 15 is 0 Å². The molecule has 2 aromatic carbocycles. The Hall–Kier alpha value is -2.38. The largest absolute Gasteiger partial charge is 0.486 e. The highest BCUT2D eigenvalue weighted by atomic mass is 32.2. The van der Waals surface area contributed by atoms with Crippen LogP contribution in [0, 0.1) is 4.77 Å². The van der Waals surface area contributed by atoms with E-state index in [4.69, 9.17) is 17.0 Å². The van der Waals surface area contributed by atoms with Crippen molar-refractivity contribution in [3.05, 3.63) is 70.8 Å². The second kappa shape index (κ2) is 7.94. The van der Waals surface area contributed by atoms with E-state index < -0.39 is 0 Å². The van der Waals surface area contributed by atoms with Gasteiger partial charge in [0.15, 0.2) is 5.82 Å². The average molecular weight is 356 g/mol. The second-order valence-electron chi connectivity index (χ2n) is 4.88. The summed E-state index contributed by atoms with van der Waals surface area (Å²) in [5, 5.41) is 11.3. The Morgan fingerprint density at radius 2 is 1.96 bits per heavy atom. The van der Waals surface area contributed by atoms with Crippen LogP contribution in [0.15, 0.2) is 64.6 Å². The van der Waals surface area contributed by atoms with E-state index in [0.717, 1.165) is 11.3 Å². The first-order valence-electron chi connectivity index (χ1n) is 7.29. The van der Waals surface area contributed by atoms with Gasteiger partial charge in [-0.1, -0.05) is 30.3 Å². The molecule has 0 aliphatic heterocycles. The maximum atomic E-state index is 5.70. The zero-order valence-corrected chi connectivity index (χ0v) is 14.7. The Morgan fingerprint density at radius 3 is 2.67 bits per heavy atom. The molecule has 0 bridgehead atoms. The average Bonchev–Trinajstić information content (AvgIpc) is 2.99. The predicted molar refractivity (Wildman–Crippen MR) is 99.4 cm³/mol. The van der Waals surface area contributed by atoms with Crippen molar-refractivity contribution in [1.29, 1.82) is 0 Å². The molecule has 0 atom stereocenters. The highest BCUT2D eigenvalue weighted by molar-refractivity contribution is 7.98. The quantitative estimate of drug-likeness (QED) is 0.410. The zero-order valence-electron chi connectivity index (χ0n) is 13.0. The van der Waals surface area contributed by atoms with Crippen LogP contribution < -0.4 is 4.74 Å². The van der Waals surface area contributed by atoms with Gasteiger partial charge in [-0.25, -0.2) is 5.10 Å². The number of para-hydroxylation sites is 1. The van der Waals surface area contributed by atoms with Gasteiger partial charge < -0.3 is 4.74 Å². The number of hydrogen-bond acceptors (Lipinski definition) is 5. The molecule has 0 amide bonds. The minimum absolute atomic E-state index is 0.278. The summed E-state index contributed by atoms with van der Waals surface area (Å²) in [6.07, 6.45) is 3.80. The van der Waals surface area contributed by atoms with Gasteiger partial charge in [-0.3, -0.25) is 0 Å². The number of aromatic amines is 1. The van der Waals surface area contributed by atoms with E-state index in [9.17, 15) is 0 Å². The summed E-state index contributed by atoms with van der Waals surface area (Å²) in [5.41, 5.74) is 0.992. The minimum Gasteiger partial charge on any atom is -0.486 e. The zero-order chi connectivity index (χ0) is 16.8. The lowest BCUT2D eigenvalue weighted by molar-refractivity contribution is 0.290. The summed E-state index contributed by atoms with van der Waals surface area (Å²) in [6.45, 7) is 0.278. The van der Waals surface area contributed by atoms with E-state index in [2.05, 4.69) is 27.4 Å². The van der Waals surface area contributed by atoms with Gasteiger partial charge in [0.1, 0.15) is 12.4 Å². The Morgan fingerprint density at radius 1 is 1.21 bits per heavy atom. The van der Waals surface area contributed by atoms with Gasteiger partial charge in [-0.05, 0) is 48.3 Å². The summed E-state index contributed by atoms with van der Waals surface area (Å²) in [7, 11) is 0. The highest BCUT2D eigenvalue weighted by Crippen LogP contribution is 2.14. The van der Waals surface area contributed by atoms with Crippen molar-refractivity contribution in [1.82, 2.24) is 14.9 Å². The normalized spacial score (nSPS) is 11.0. The Kier molecular flexibility index (Phi) is 5.45. The maximum absolute atomic E-state index is 5.70. The van der Waals surface area contributed by atoms with Crippen LogP contribution in [0.4, 0.5) is 0 Å². The summed E-state index contributed by atoms with van der Waals surface area (Å²) in [4.78, 5) is 1.21. The third-order valence-corrected chi connectivity index (χ3v) is 4.27. The SMILES string of the molecule is CSc1ccc(/C=N/n2c(COc3ccccc3)n[nH]c2=S)cc1. The van der Waals surface area contributed by atoms with E-state index in [-0.39, 0.29) is 6.61 Å². The Bertz CT molecular complexity index is 870. The number of hydrogen-bond donors (Lipinski definition) is 1. The molecule has 0 aliphatic carbocycles. The van der Waals surface area contributed by atoms with E-state index in [1.54, 1.807) is 22.7 Å². The van der Waals surface area contributed by atoms with E-state index in [0.29, 0.717) is 10.6 Å². The molecule has 0 fully saturated rings. The Labute approximate surface area is 149 Å². The van der Waals surface area contributed by atoms with Crippen LogP contribution in [-0.2, 0) is 6.61 Å². The molecule has 7 heteroatoms. The fourth-order valence-corrected chi connectivity index (χ4v) is 2.62. The highest BCUT2D eigenvalue weighted by Gasteiger charge is 2.06. The topological polar surface area (TPSA) is 55.2 Å². The fraction of sp³-hybridized carbons (Fsp3) is 0.118. The summed E-state index contributed by atoms with van der Waals surface area (Å²) in [5.74, 6) is 1.38. The van der Waals surface area contributed by atoms with Crippen molar-refractivity contribution in [2.45, 2.75) is 11.5 Å². The molecular formula is C17H16N4OS2. The van der Waals surface area contributed by atoms with Gasteiger partial charge in [0.25, 0.3) is 0 Å². The molecule has 0 aliphatic rings. The molecule has 5 nitrogen and oxygen atoms in total. The third kappa shape index (κ3) is 4.12. The predicted octanol–water partition coefficient (Wildman–Crippen LogP) is 4.12. The first-order chi connectivity index (χ1) is 11.8. The molecule has 1 heterocycles. The number of H-pyrrole nitrogens is 1. The molecule has 0 saturated heterocycles. The molecular weight excluding hydrogens is 340 g/mol. The van der Waals surface area contributed by atoms with Crippen molar-refractivity contribution in [3.63, 3.8) is 0 Å². The van der Waals surface area contributed by atoms with Gasteiger partial charge in [-0.2, -0.15) is 14.9 Å². The van der Waals surface area contributed by atoms with Gasteiger partial charge in [-0.15, -0.1) is 11.8 Å². The molecule has 0 unspecified atom stereocenters.